The first-order valence-electron chi connectivity index (χ1n) is 7.53. The third-order valence-electron chi connectivity index (χ3n) is 3.68. The summed E-state index contributed by atoms with van der Waals surface area (Å²) in [5, 5.41) is 12.6. The predicted octanol–water partition coefficient (Wildman–Crippen LogP) is 1.29. The molecular weight excluding hydrogens is 310 g/mol. The number of rotatable bonds is 6. The summed E-state index contributed by atoms with van der Waals surface area (Å²) in [4.78, 5) is 40.7. The van der Waals surface area contributed by atoms with Gasteiger partial charge in [-0.25, -0.2) is 4.79 Å². The highest BCUT2D eigenvalue weighted by molar-refractivity contribution is 6.06. The number of amides is 2. The number of nitrogens with zero attached hydrogens (tertiary/aromatic N) is 2. The third kappa shape index (κ3) is 3.87. The highest BCUT2D eigenvalue weighted by Crippen LogP contribution is 2.18. The lowest BCUT2D eigenvalue weighted by Crippen LogP contribution is -2.46. The van der Waals surface area contributed by atoms with Crippen molar-refractivity contribution in [3.63, 3.8) is 0 Å². The van der Waals surface area contributed by atoms with Gasteiger partial charge in [-0.05, 0) is 19.1 Å². The number of pyridine rings is 1. The summed E-state index contributed by atoms with van der Waals surface area (Å²) in [5.41, 5.74) is 0.858. The standard InChI is InChI=1S/C17H19N3O4/c1-11(17(23)24)20(10-9-18-12(2)21)16(22)14-7-3-5-13-6-4-8-19-15(13)14/h3-8,11H,9-10H2,1-2H3,(H,18,21)(H,23,24). The predicted molar refractivity (Wildman–Crippen MR) is 88.6 cm³/mol. The third-order valence-corrected chi connectivity index (χ3v) is 3.68. The number of carboxylic acid groups (broad SMARTS) is 1. The lowest BCUT2D eigenvalue weighted by molar-refractivity contribution is -0.141. The molecule has 1 unspecified atom stereocenters. The Bertz CT molecular complexity index is 770. The van der Waals surface area contributed by atoms with Gasteiger partial charge in [0.1, 0.15) is 6.04 Å². The van der Waals surface area contributed by atoms with Gasteiger partial charge in [0.2, 0.25) is 5.91 Å². The fourth-order valence-electron chi connectivity index (χ4n) is 2.39. The van der Waals surface area contributed by atoms with Crippen molar-refractivity contribution in [2.24, 2.45) is 0 Å². The zero-order valence-electron chi connectivity index (χ0n) is 13.5. The Labute approximate surface area is 139 Å². The minimum Gasteiger partial charge on any atom is -0.480 e. The molecule has 2 amide bonds. The van der Waals surface area contributed by atoms with Gasteiger partial charge in [0.15, 0.2) is 0 Å². The quantitative estimate of drug-likeness (QED) is 0.832. The van der Waals surface area contributed by atoms with Crippen LogP contribution in [0.25, 0.3) is 10.9 Å². The van der Waals surface area contributed by atoms with Crippen LogP contribution < -0.4 is 5.32 Å². The van der Waals surface area contributed by atoms with Crippen LogP contribution in [0.3, 0.4) is 0 Å². The maximum absolute atomic E-state index is 12.9. The summed E-state index contributed by atoms with van der Waals surface area (Å²) in [6, 6.07) is 7.77. The average Bonchev–Trinajstić information content (AvgIpc) is 2.56. The first-order chi connectivity index (χ1) is 11.4. The van der Waals surface area contributed by atoms with Crippen LogP contribution in [0.1, 0.15) is 24.2 Å². The van der Waals surface area contributed by atoms with Crippen LogP contribution in [0.2, 0.25) is 0 Å². The van der Waals surface area contributed by atoms with E-state index in [1.54, 1.807) is 24.4 Å². The number of aliphatic carboxylic acids is 1. The van der Waals surface area contributed by atoms with Gasteiger partial charge in [0, 0.05) is 31.6 Å². The Morgan fingerprint density at radius 3 is 2.62 bits per heavy atom. The van der Waals surface area contributed by atoms with Crippen molar-refractivity contribution in [2.45, 2.75) is 19.9 Å². The second-order valence-electron chi connectivity index (χ2n) is 5.38. The normalized spacial score (nSPS) is 11.8. The molecule has 1 atom stereocenters. The van der Waals surface area contributed by atoms with E-state index in [9.17, 15) is 19.5 Å². The number of carbonyl (C=O) groups is 3. The SMILES string of the molecule is CC(=O)NCCN(C(=O)c1cccc2cccnc12)C(C)C(=O)O. The van der Waals surface area contributed by atoms with E-state index in [0.29, 0.717) is 11.1 Å². The molecule has 1 heterocycles. The molecule has 0 bridgehead atoms. The first kappa shape index (κ1) is 17.4. The Hall–Kier alpha value is -2.96. The van der Waals surface area contributed by atoms with E-state index in [-0.39, 0.29) is 19.0 Å². The number of nitrogens with one attached hydrogen (secondary N) is 1. The molecule has 0 saturated carbocycles. The van der Waals surface area contributed by atoms with Crippen molar-refractivity contribution in [2.75, 3.05) is 13.1 Å². The monoisotopic (exact) mass is 329 g/mol. The van der Waals surface area contributed by atoms with Gasteiger partial charge >= 0.3 is 5.97 Å². The topological polar surface area (TPSA) is 99.6 Å². The molecule has 0 spiro atoms. The molecule has 2 N–H and O–H groups in total. The van der Waals surface area contributed by atoms with Crippen LogP contribution in [0, 0.1) is 0 Å². The minimum absolute atomic E-state index is 0.0924. The molecule has 2 rings (SSSR count). The van der Waals surface area contributed by atoms with Gasteiger partial charge in [-0.3, -0.25) is 14.6 Å². The van der Waals surface area contributed by atoms with Crippen LogP contribution in [-0.2, 0) is 9.59 Å². The molecule has 7 heteroatoms. The van der Waals surface area contributed by atoms with Gasteiger partial charge in [-0.2, -0.15) is 0 Å². The molecule has 126 valence electrons. The molecular formula is C17H19N3O4. The molecule has 0 radical (unpaired) electrons. The number of benzene rings is 1. The summed E-state index contributed by atoms with van der Waals surface area (Å²) in [7, 11) is 0. The van der Waals surface area contributed by atoms with Gasteiger partial charge in [-0.1, -0.05) is 18.2 Å². The van der Waals surface area contributed by atoms with Gasteiger partial charge < -0.3 is 15.3 Å². The highest BCUT2D eigenvalue weighted by Gasteiger charge is 2.27. The smallest absolute Gasteiger partial charge is 0.326 e. The zero-order chi connectivity index (χ0) is 17.7. The van der Waals surface area contributed by atoms with Crippen LogP contribution >= 0.6 is 0 Å². The molecule has 1 aromatic carbocycles. The van der Waals surface area contributed by atoms with Crippen LogP contribution in [0.15, 0.2) is 36.5 Å². The van der Waals surface area contributed by atoms with E-state index in [0.717, 1.165) is 5.39 Å². The maximum atomic E-state index is 12.9. The number of fused-ring (bicyclic) bond motifs is 1. The zero-order valence-corrected chi connectivity index (χ0v) is 13.5. The molecule has 0 aliphatic rings. The number of hydrogen-bond donors (Lipinski definition) is 2. The van der Waals surface area contributed by atoms with E-state index in [2.05, 4.69) is 10.3 Å². The van der Waals surface area contributed by atoms with Crippen LogP contribution in [-0.4, -0.2) is 51.9 Å². The van der Waals surface area contributed by atoms with Crippen LogP contribution in [0.4, 0.5) is 0 Å². The van der Waals surface area contributed by atoms with E-state index in [4.69, 9.17) is 0 Å². The van der Waals surface area contributed by atoms with Crippen molar-refractivity contribution in [1.29, 1.82) is 0 Å². The molecule has 0 aliphatic carbocycles. The average molecular weight is 329 g/mol. The van der Waals surface area contributed by atoms with Gasteiger partial charge in [0.25, 0.3) is 5.91 Å². The summed E-state index contributed by atoms with van der Waals surface area (Å²) in [5.74, 6) is -1.78. The molecule has 7 nitrogen and oxygen atoms in total. The van der Waals surface area contributed by atoms with Crippen molar-refractivity contribution in [1.82, 2.24) is 15.2 Å². The van der Waals surface area contributed by atoms with Crippen molar-refractivity contribution in [3.05, 3.63) is 42.1 Å². The molecule has 0 aliphatic heterocycles. The highest BCUT2D eigenvalue weighted by atomic mass is 16.4. The number of carbonyl (C=O) groups excluding carboxylic acids is 2. The van der Waals surface area contributed by atoms with E-state index in [1.165, 1.54) is 18.7 Å². The fourth-order valence-corrected chi connectivity index (χ4v) is 2.39. The van der Waals surface area contributed by atoms with Crippen molar-refractivity contribution >= 4 is 28.7 Å². The van der Waals surface area contributed by atoms with Gasteiger partial charge in [0.05, 0.1) is 11.1 Å². The van der Waals surface area contributed by atoms with E-state index >= 15 is 0 Å². The maximum Gasteiger partial charge on any atom is 0.326 e. The summed E-state index contributed by atoms with van der Waals surface area (Å²) in [6.07, 6.45) is 1.58. The number of para-hydroxylation sites is 1. The number of aromatic nitrogens is 1. The first-order valence-corrected chi connectivity index (χ1v) is 7.53. The fraction of sp³-hybridized carbons (Fsp3) is 0.294. The van der Waals surface area contributed by atoms with Crippen molar-refractivity contribution in [3.8, 4) is 0 Å². The molecule has 0 fully saturated rings. The molecule has 0 saturated heterocycles. The molecule has 1 aromatic heterocycles. The number of carboxylic acids is 1. The Balaban J connectivity index is 2.35. The number of hydrogen-bond acceptors (Lipinski definition) is 4. The second kappa shape index (κ2) is 7.54. The summed E-state index contributed by atoms with van der Waals surface area (Å²) in [6.45, 7) is 3.07. The van der Waals surface area contributed by atoms with E-state index in [1.807, 2.05) is 12.1 Å². The van der Waals surface area contributed by atoms with E-state index < -0.39 is 17.9 Å². The van der Waals surface area contributed by atoms with Crippen LogP contribution in [0.5, 0.6) is 0 Å². The van der Waals surface area contributed by atoms with Crippen molar-refractivity contribution < 1.29 is 19.5 Å². The van der Waals surface area contributed by atoms with Gasteiger partial charge in [-0.15, -0.1) is 0 Å². The lowest BCUT2D eigenvalue weighted by atomic mass is 10.1. The Kier molecular flexibility index (Phi) is 5.47. The lowest BCUT2D eigenvalue weighted by Gasteiger charge is -2.27. The Morgan fingerprint density at radius 1 is 1.25 bits per heavy atom. The Morgan fingerprint density at radius 2 is 1.96 bits per heavy atom. The molecule has 2 aromatic rings. The summed E-state index contributed by atoms with van der Waals surface area (Å²) < 4.78 is 0. The largest absolute Gasteiger partial charge is 0.480 e. The molecule has 24 heavy (non-hydrogen) atoms. The minimum atomic E-state index is -1.11. The second-order valence-corrected chi connectivity index (χ2v) is 5.38. The summed E-state index contributed by atoms with van der Waals surface area (Å²) >= 11 is 0.